The molecule has 0 saturated carbocycles. The number of guanidine groups is 2. The smallest absolute Gasteiger partial charge is 0.326 e. The summed E-state index contributed by atoms with van der Waals surface area (Å²) < 4.78 is 0. The fourth-order valence-electron chi connectivity index (χ4n) is 10.3. The van der Waals surface area contributed by atoms with Crippen LogP contribution >= 0.6 is 11.8 Å². The van der Waals surface area contributed by atoms with Gasteiger partial charge in [-0.15, -0.1) is 0 Å². The Morgan fingerprint density at radius 2 is 0.990 bits per heavy atom. The van der Waals surface area contributed by atoms with Crippen molar-refractivity contribution in [3.63, 3.8) is 0 Å². The van der Waals surface area contributed by atoms with Crippen LogP contribution in [0, 0.1) is 17.8 Å². The molecule has 1 aromatic heterocycles. The highest BCUT2D eigenvalue weighted by atomic mass is 32.2. The number of fused-ring (bicyclic) bond motifs is 1. The third-order valence-corrected chi connectivity index (χ3v) is 16.3. The van der Waals surface area contributed by atoms with Gasteiger partial charge in [0, 0.05) is 36.6 Å². The highest BCUT2D eigenvalue weighted by Gasteiger charge is 2.38. The van der Waals surface area contributed by atoms with Crippen LogP contribution in [-0.4, -0.2) is 232 Å². The number of aliphatic hydroxyl groups is 2. The molecule has 0 radical (unpaired) electrons. The van der Waals surface area contributed by atoms with E-state index in [4.69, 9.17) is 34.4 Å². The van der Waals surface area contributed by atoms with Gasteiger partial charge in [0.05, 0.1) is 31.7 Å². The van der Waals surface area contributed by atoms with Gasteiger partial charge < -0.3 is 118 Å². The number of aliphatic carboxylic acids is 2. The topological polar surface area (TPSA) is 632 Å². The van der Waals surface area contributed by atoms with Gasteiger partial charge in [0.2, 0.25) is 65.0 Å². The maximum Gasteiger partial charge on any atom is 0.326 e. The number of aliphatic imine (C=N–C) groups is 2. The fraction of sp³-hybridized carbons (Fsp3) is 0.641. The fourth-order valence-corrected chi connectivity index (χ4v) is 10.8. The number of carbonyl (C=O) groups is 13. The summed E-state index contributed by atoms with van der Waals surface area (Å²) in [5.41, 5.74) is 35.2. The van der Waals surface area contributed by atoms with Gasteiger partial charge in [-0.25, -0.2) is 4.79 Å². The number of carboxylic acid groups (broad SMARTS) is 2. The van der Waals surface area contributed by atoms with Crippen LogP contribution in [0.3, 0.4) is 0 Å². The number of carboxylic acids is 2. The predicted molar refractivity (Wildman–Crippen MR) is 380 cm³/mol. The lowest BCUT2D eigenvalue weighted by Gasteiger charge is -2.29. The van der Waals surface area contributed by atoms with E-state index in [1.165, 1.54) is 25.6 Å². The highest BCUT2D eigenvalue weighted by molar-refractivity contribution is 7.98. The Kier molecular flexibility index (Phi) is 40.2. The first-order valence-corrected chi connectivity index (χ1v) is 35.1. The number of H-pyrrole nitrogens is 1. The molecule has 2 rings (SSSR count). The minimum absolute atomic E-state index is 0.00122. The minimum Gasteiger partial charge on any atom is -0.481 e. The molecule has 0 spiro atoms. The number of nitrogens with two attached hydrogens (primary N) is 6. The maximum absolute atomic E-state index is 14.5. The summed E-state index contributed by atoms with van der Waals surface area (Å²) in [7, 11) is 0. The van der Waals surface area contributed by atoms with Crippen molar-refractivity contribution < 1.29 is 82.8 Å². The van der Waals surface area contributed by atoms with Crippen LogP contribution in [0.1, 0.15) is 125 Å². The molecule has 2 aromatic rings. The molecule has 38 heteroatoms. The van der Waals surface area contributed by atoms with Crippen molar-refractivity contribution in [2.24, 2.45) is 62.1 Å². The van der Waals surface area contributed by atoms with Gasteiger partial charge in [0.15, 0.2) is 11.9 Å². The lowest BCUT2D eigenvalue weighted by Crippen LogP contribution is -2.62. The molecule has 0 unspecified atom stereocenters. The van der Waals surface area contributed by atoms with E-state index in [1.807, 2.05) is 13.8 Å². The van der Waals surface area contributed by atoms with Crippen molar-refractivity contribution in [3.8, 4) is 0 Å². The molecular weight excluding hydrogens is 1350 g/mol. The Bertz CT molecular complexity index is 3180. The number of nitrogens with zero attached hydrogens (tertiary/aromatic N) is 2. The first-order chi connectivity index (χ1) is 48.0. The van der Waals surface area contributed by atoms with Gasteiger partial charge in [-0.2, -0.15) is 11.8 Å². The van der Waals surface area contributed by atoms with Crippen LogP contribution in [0.2, 0.25) is 0 Å². The number of aromatic nitrogens is 1. The highest BCUT2D eigenvalue weighted by Crippen LogP contribution is 2.20. The lowest BCUT2D eigenvalue weighted by molar-refractivity contribution is -0.143. The minimum atomic E-state index is -1.85. The molecule has 12 atom stereocenters. The van der Waals surface area contributed by atoms with Crippen molar-refractivity contribution in [1.29, 1.82) is 0 Å². The van der Waals surface area contributed by atoms with E-state index in [-0.39, 0.29) is 113 Å². The third-order valence-electron chi connectivity index (χ3n) is 15.7. The van der Waals surface area contributed by atoms with E-state index in [1.54, 1.807) is 50.6 Å². The standard InChI is InChI=1S/C64H108N20O17S/c1-32(2)25-38(66)52(90)82-47(31-85)59(97)78-42(19-14-23-72-64(69)70)53(91)77-41(18-13-22-71-63(67)68)54(92)79-43(20-24-102-8)55(93)76-40(17-11-12-21-65)56(94)83-50(34(5)6)61(99)84-51(35(7)86)60(98)74-30-48(87)75-45(28-49(88)89)58(96)80-44(26-33(3)4)57(95)81-46(62(100)101)27-36-29-73-39-16-10-9-15-37(36)39/h9-10,15-16,29,32-35,38,40-47,50-51,73,85-86H,11-14,17-28,30-31,65-66H2,1-8H3,(H,74,98)(H,75,87)(H,76,93)(H,77,91)(H,78,97)(H,79,92)(H,80,96)(H,81,95)(H,82,90)(H,83,94)(H,84,99)(H,88,89)(H,100,101)(H4,67,68,71)(H4,69,70,72)/t35-,38+,40+,41+,42+,43+,44+,45+,46+,47+,50+,51+/m1/s1. The molecule has 572 valence electrons. The van der Waals surface area contributed by atoms with Crippen LogP contribution in [0.15, 0.2) is 40.4 Å². The second-order valence-electron chi connectivity index (χ2n) is 25.7. The number of amides is 11. The summed E-state index contributed by atoms with van der Waals surface area (Å²) in [6, 6.07) is -9.20. The molecule has 1 aromatic carbocycles. The average Bonchev–Trinajstić information content (AvgIpc) is 1.58. The summed E-state index contributed by atoms with van der Waals surface area (Å²) in [5, 5.41) is 68.6. The Balaban J connectivity index is 2.37. The molecule has 37 nitrogen and oxygen atoms in total. The number of thioether (sulfide) groups is 1. The Hall–Kier alpha value is -9.40. The number of aliphatic hydroxyl groups excluding tert-OH is 2. The number of hydrogen-bond donors (Lipinski definition) is 22. The second kappa shape index (κ2) is 46.2. The molecule has 0 aliphatic heterocycles. The monoisotopic (exact) mass is 1460 g/mol. The number of unbranched alkanes of at least 4 members (excludes halogenated alkanes) is 1. The number of carbonyl (C=O) groups excluding carboxylic acids is 11. The van der Waals surface area contributed by atoms with Gasteiger partial charge in [-0.1, -0.05) is 59.7 Å². The Morgan fingerprint density at radius 1 is 0.529 bits per heavy atom. The molecule has 0 fully saturated rings. The zero-order valence-electron chi connectivity index (χ0n) is 59.1. The summed E-state index contributed by atoms with van der Waals surface area (Å²) >= 11 is 1.31. The number of para-hydroxylation sites is 1. The van der Waals surface area contributed by atoms with Crippen molar-refractivity contribution >= 4 is 112 Å². The second-order valence-corrected chi connectivity index (χ2v) is 26.7. The predicted octanol–water partition coefficient (Wildman–Crippen LogP) is -5.33. The Labute approximate surface area is 596 Å². The lowest BCUT2D eigenvalue weighted by atomic mass is 10.0. The van der Waals surface area contributed by atoms with Gasteiger partial charge in [0.25, 0.3) is 0 Å². The molecule has 0 bridgehead atoms. The molecule has 28 N–H and O–H groups in total. The van der Waals surface area contributed by atoms with Gasteiger partial charge in [-0.05, 0) is 119 Å². The molecule has 102 heavy (non-hydrogen) atoms. The zero-order chi connectivity index (χ0) is 76.9. The third kappa shape index (κ3) is 32.9. The normalized spacial score (nSPS) is 14.8. The van der Waals surface area contributed by atoms with E-state index in [0.717, 1.165) is 17.8 Å². The van der Waals surface area contributed by atoms with Crippen LogP contribution < -0.4 is 92.9 Å². The Morgan fingerprint density at radius 3 is 1.47 bits per heavy atom. The quantitative estimate of drug-likeness (QED) is 0.0167. The molecule has 1 heterocycles. The number of rotatable bonds is 49. The number of hydrogen-bond acceptors (Lipinski definition) is 20. The van der Waals surface area contributed by atoms with Gasteiger partial charge >= 0.3 is 11.9 Å². The van der Waals surface area contributed by atoms with Crippen LogP contribution in [0.5, 0.6) is 0 Å². The first-order valence-electron chi connectivity index (χ1n) is 33.7. The summed E-state index contributed by atoms with van der Waals surface area (Å²) in [4.78, 5) is 188. The maximum atomic E-state index is 14.5. The molecule has 0 aliphatic carbocycles. The van der Waals surface area contributed by atoms with E-state index in [9.17, 15) is 82.8 Å². The molecule has 0 saturated heterocycles. The summed E-state index contributed by atoms with van der Waals surface area (Å²) in [6.07, 6.45) is 1.17. The molecule has 11 amide bonds. The van der Waals surface area contributed by atoms with E-state index in [0.29, 0.717) is 12.0 Å². The summed E-state index contributed by atoms with van der Waals surface area (Å²) in [6.45, 7) is 9.62. The summed E-state index contributed by atoms with van der Waals surface area (Å²) in [5.74, 6) is -14.8. The zero-order valence-corrected chi connectivity index (χ0v) is 60.0. The largest absolute Gasteiger partial charge is 0.481 e. The van der Waals surface area contributed by atoms with Crippen molar-refractivity contribution in [1.82, 2.24) is 63.5 Å². The van der Waals surface area contributed by atoms with Crippen molar-refractivity contribution in [2.75, 3.05) is 44.8 Å². The van der Waals surface area contributed by atoms with E-state index >= 15 is 0 Å². The van der Waals surface area contributed by atoms with Gasteiger partial charge in [0.1, 0.15) is 60.4 Å². The SMILES string of the molecule is CSCC[C@H](NC(=O)[C@H](CCCN=C(N)N)NC(=O)[C@H](CCCN=C(N)N)NC(=O)[C@H](CO)NC(=O)[C@@H](N)CC(C)C)C(=O)N[C@@H](CCCCN)C(=O)N[C@H](C(=O)N[C@H](C(=O)NCC(=O)N[C@@H](CC(=O)O)C(=O)N[C@@H](CC(C)C)C(=O)N[C@@H](Cc1c[nH]c2ccccc12)C(=O)O)[C@@H](C)O)C(C)C. The number of aromatic amines is 1. The number of benzene rings is 1. The van der Waals surface area contributed by atoms with Gasteiger partial charge in [-0.3, -0.25) is 67.5 Å². The molecular formula is C64H108N20O17S. The molecule has 0 aliphatic rings. The van der Waals surface area contributed by atoms with E-state index in [2.05, 4.69) is 73.5 Å². The van der Waals surface area contributed by atoms with Crippen LogP contribution in [0.4, 0.5) is 0 Å². The van der Waals surface area contributed by atoms with Crippen molar-refractivity contribution in [2.45, 2.75) is 198 Å². The van der Waals surface area contributed by atoms with Crippen molar-refractivity contribution in [3.05, 3.63) is 36.0 Å². The van der Waals surface area contributed by atoms with E-state index < -0.39 is 175 Å². The number of nitrogens with one attached hydrogen (secondary N) is 12. The first kappa shape index (κ1) is 88.7. The average molecular weight is 1460 g/mol. The van der Waals surface area contributed by atoms with Crippen LogP contribution in [0.25, 0.3) is 10.9 Å². The van der Waals surface area contributed by atoms with Crippen LogP contribution in [-0.2, 0) is 68.7 Å².